The molecule has 6 bridgehead atoms. The van der Waals surface area contributed by atoms with Crippen LogP contribution >= 0.6 is 0 Å². The lowest BCUT2D eigenvalue weighted by molar-refractivity contribution is -0.390. The molecule has 2 aliphatic heterocycles. The summed E-state index contributed by atoms with van der Waals surface area (Å²) in [5.74, 6) is -4.34. The van der Waals surface area contributed by atoms with Gasteiger partial charge in [-0.25, -0.2) is 4.79 Å². The summed E-state index contributed by atoms with van der Waals surface area (Å²) in [5.41, 5.74) is -15.2. The summed E-state index contributed by atoms with van der Waals surface area (Å²) in [6, 6.07) is 3.06. The van der Waals surface area contributed by atoms with E-state index in [1.54, 1.807) is 26.8 Å². The minimum absolute atomic E-state index is 0. The number of nitrogens with one attached hydrogen (secondary N) is 1. The number of carbonyl (C=O) groups excluding carboxylic acids is 1. The molecule has 6 aliphatic rings. The van der Waals surface area contributed by atoms with Gasteiger partial charge in [-0.1, -0.05) is 27.7 Å². The van der Waals surface area contributed by atoms with Crippen LogP contribution in [0.25, 0.3) is 0 Å². The van der Waals surface area contributed by atoms with Crippen LogP contribution in [0.2, 0.25) is 0 Å². The Kier molecular flexibility index (Phi) is 10.4. The van der Waals surface area contributed by atoms with Gasteiger partial charge < -0.3 is 60.0 Å². The molecule has 1 aromatic rings. The molecule has 46 heavy (non-hydrogen) atoms. The standard InChI is InChI=1S/C25H35NO9.2C4H10O.H2O/c1-12(2)22(31)17(34-16(28)14-7-6-10-26-14)23(32)18(4)11-21(30)19(22,5)25(23,33)24(35-21)15(27)13(3)8-9-20(18,24)29;2*1-3-5-4-2;/h6-7,10,12-13,15,17,26-27,29-33H,8-9,11H2,1-5H3;2*3-4H2,1-2H3;1H2/t13-,15+,17+,18-,19-,20-,21-,22+,23+,24+,25+;;;/m0.../s1. The minimum atomic E-state index is -2.59. The number of aromatic nitrogens is 1. The van der Waals surface area contributed by atoms with Gasteiger partial charge in [0.1, 0.15) is 28.1 Å². The van der Waals surface area contributed by atoms with E-state index >= 15 is 0 Å². The van der Waals surface area contributed by atoms with E-state index in [0.29, 0.717) is 6.42 Å². The zero-order valence-corrected chi connectivity index (χ0v) is 28.7. The Balaban J connectivity index is 0.000000460. The van der Waals surface area contributed by atoms with Crippen LogP contribution in [0.1, 0.15) is 92.1 Å². The van der Waals surface area contributed by atoms with Crippen LogP contribution < -0.4 is 0 Å². The van der Waals surface area contributed by atoms with E-state index in [2.05, 4.69) is 4.98 Å². The molecule has 4 aliphatic carbocycles. The molecular formula is C33H57NO12. The van der Waals surface area contributed by atoms with E-state index in [-0.39, 0.29) is 24.0 Å². The lowest BCUT2D eigenvalue weighted by Crippen LogP contribution is -2.75. The van der Waals surface area contributed by atoms with Crippen molar-refractivity contribution < 1.29 is 59.9 Å². The molecule has 0 radical (unpaired) electrons. The number of aliphatic hydroxyl groups is 6. The maximum Gasteiger partial charge on any atom is 0.355 e. The number of aliphatic hydroxyl groups excluding tert-OH is 1. The van der Waals surface area contributed by atoms with Gasteiger partial charge in [0.05, 0.1) is 11.5 Å². The van der Waals surface area contributed by atoms with Gasteiger partial charge in [0.2, 0.25) is 0 Å². The van der Waals surface area contributed by atoms with Crippen LogP contribution in [0.5, 0.6) is 0 Å². The van der Waals surface area contributed by atoms with Gasteiger partial charge in [-0.2, -0.15) is 0 Å². The number of ether oxygens (including phenoxy) is 4. The topological polar surface area (TPSA) is 223 Å². The average Bonchev–Trinajstić information content (AvgIpc) is 3.61. The zero-order chi connectivity index (χ0) is 34.1. The van der Waals surface area contributed by atoms with E-state index in [1.807, 2.05) is 27.7 Å². The maximum atomic E-state index is 13.2. The molecule has 1 aromatic heterocycles. The van der Waals surface area contributed by atoms with Gasteiger partial charge in [-0.3, -0.25) is 0 Å². The monoisotopic (exact) mass is 659 g/mol. The Morgan fingerprint density at radius 2 is 1.57 bits per heavy atom. The van der Waals surface area contributed by atoms with E-state index in [4.69, 9.17) is 18.9 Å². The van der Waals surface area contributed by atoms with Gasteiger partial charge in [0.15, 0.2) is 17.5 Å². The van der Waals surface area contributed by atoms with Gasteiger partial charge in [-0.15, -0.1) is 0 Å². The zero-order valence-electron chi connectivity index (χ0n) is 28.7. The smallest absolute Gasteiger partial charge is 0.355 e. The van der Waals surface area contributed by atoms with Gasteiger partial charge in [0, 0.05) is 44.5 Å². The highest BCUT2D eigenvalue weighted by molar-refractivity contribution is 5.87. The Bertz CT molecular complexity index is 1220. The van der Waals surface area contributed by atoms with Crippen molar-refractivity contribution in [2.45, 2.75) is 128 Å². The van der Waals surface area contributed by atoms with Crippen LogP contribution in [0, 0.1) is 22.7 Å². The van der Waals surface area contributed by atoms with Crippen LogP contribution in [-0.2, 0) is 18.9 Å². The molecule has 1 spiro atoms. The first-order valence-electron chi connectivity index (χ1n) is 16.3. The van der Waals surface area contributed by atoms with Crippen molar-refractivity contribution in [1.82, 2.24) is 4.98 Å². The lowest BCUT2D eigenvalue weighted by atomic mass is 9.52. The second kappa shape index (κ2) is 12.3. The van der Waals surface area contributed by atoms with Gasteiger partial charge >= 0.3 is 5.97 Å². The molecule has 0 aromatic carbocycles. The van der Waals surface area contributed by atoms with E-state index in [0.717, 1.165) is 26.4 Å². The van der Waals surface area contributed by atoms with E-state index < -0.39 is 74.6 Å². The summed E-state index contributed by atoms with van der Waals surface area (Å²) >= 11 is 0. The molecule has 2 saturated heterocycles. The predicted octanol–water partition coefficient (Wildman–Crippen LogP) is 1.07. The molecule has 13 heteroatoms. The fraction of sp³-hybridized carbons (Fsp3) is 0.848. The molecule has 11 atom stereocenters. The lowest BCUT2D eigenvalue weighted by Gasteiger charge is -2.60. The van der Waals surface area contributed by atoms with Crippen LogP contribution in [-0.4, -0.2) is 119 Å². The quantitative estimate of drug-likeness (QED) is 0.205. The average molecular weight is 660 g/mol. The molecule has 13 nitrogen and oxygen atoms in total. The first-order chi connectivity index (χ1) is 20.8. The first-order valence-corrected chi connectivity index (χ1v) is 16.3. The fourth-order valence-electron chi connectivity index (χ4n) is 9.97. The third-order valence-corrected chi connectivity index (χ3v) is 12.1. The highest BCUT2D eigenvalue weighted by Crippen LogP contribution is 2.90. The van der Waals surface area contributed by atoms with Gasteiger partial charge in [0.25, 0.3) is 0 Å². The number of aromatic amines is 1. The van der Waals surface area contributed by atoms with Crippen molar-refractivity contribution in [2.75, 3.05) is 26.4 Å². The largest absolute Gasteiger partial charge is 0.451 e. The second-order valence-corrected chi connectivity index (χ2v) is 14.0. The van der Waals surface area contributed by atoms with Crippen LogP contribution in [0.3, 0.4) is 0 Å². The van der Waals surface area contributed by atoms with Crippen LogP contribution in [0.4, 0.5) is 0 Å². The Hall–Kier alpha value is -1.65. The first kappa shape index (κ1) is 38.8. The summed E-state index contributed by atoms with van der Waals surface area (Å²) < 4.78 is 21.7. The molecule has 7 rings (SSSR count). The third kappa shape index (κ3) is 3.95. The molecule has 9 N–H and O–H groups in total. The molecular weight excluding hydrogens is 602 g/mol. The Morgan fingerprint density at radius 3 is 2.00 bits per heavy atom. The third-order valence-electron chi connectivity index (χ3n) is 12.1. The summed E-state index contributed by atoms with van der Waals surface area (Å²) in [5, 5.41) is 73.9. The number of hydrogen-bond donors (Lipinski definition) is 7. The number of H-pyrrole nitrogens is 1. The van der Waals surface area contributed by atoms with Gasteiger partial charge in [-0.05, 0) is 71.4 Å². The van der Waals surface area contributed by atoms with Crippen molar-refractivity contribution in [3.63, 3.8) is 0 Å². The highest BCUT2D eigenvalue weighted by atomic mass is 16.7. The summed E-state index contributed by atoms with van der Waals surface area (Å²) in [7, 11) is 0. The van der Waals surface area contributed by atoms with Crippen molar-refractivity contribution in [2.24, 2.45) is 22.7 Å². The maximum absolute atomic E-state index is 13.2. The Morgan fingerprint density at radius 1 is 1.02 bits per heavy atom. The molecule has 0 amide bonds. The SMILES string of the molecule is CC(C)[C@@]1(O)[C@@H](OC(=O)c2ccc[nH]2)[C@@]2(O)[C@@]3(C)C[C@]4(O)O[C@@]5([C@H](O)[C@@H](C)CC[C@]35O)[C@@]2(O)[C@]14C.CCOCC.CCOCC.O. The summed E-state index contributed by atoms with van der Waals surface area (Å²) in [6.45, 7) is 19.2. The predicted molar refractivity (Wildman–Crippen MR) is 167 cm³/mol. The molecule has 6 fully saturated rings. The fourth-order valence-corrected chi connectivity index (χ4v) is 9.97. The summed E-state index contributed by atoms with van der Waals surface area (Å²) in [4.78, 5) is 15.9. The number of esters is 1. The normalized spacial score (nSPS) is 47.3. The van der Waals surface area contributed by atoms with Crippen LogP contribution in [0.15, 0.2) is 18.3 Å². The molecule has 0 unspecified atom stereocenters. The molecule has 266 valence electrons. The highest BCUT2D eigenvalue weighted by Gasteiger charge is 3.10. The van der Waals surface area contributed by atoms with E-state index in [9.17, 15) is 35.4 Å². The van der Waals surface area contributed by atoms with Crippen molar-refractivity contribution in [3.8, 4) is 0 Å². The van der Waals surface area contributed by atoms with E-state index in [1.165, 1.54) is 26.1 Å². The number of rotatable bonds is 7. The molecule has 4 saturated carbocycles. The van der Waals surface area contributed by atoms with Crippen molar-refractivity contribution >= 4 is 5.97 Å². The summed E-state index contributed by atoms with van der Waals surface area (Å²) in [6.07, 6.45) is -1.63. The van der Waals surface area contributed by atoms with Crippen molar-refractivity contribution in [3.05, 3.63) is 24.0 Å². The minimum Gasteiger partial charge on any atom is -0.451 e. The second-order valence-electron chi connectivity index (χ2n) is 14.0. The molecule has 3 heterocycles. The number of carbonyl (C=O) groups is 1. The Labute approximate surface area is 271 Å². The van der Waals surface area contributed by atoms with Crippen molar-refractivity contribution in [1.29, 1.82) is 0 Å². The number of hydrogen-bond acceptors (Lipinski definition) is 11.